The summed E-state index contributed by atoms with van der Waals surface area (Å²) in [5.74, 6) is 0. The standard InChI is InChI=1S/C15H22BrF3N2/c1-3-8-20-14(12-5-4-6-13(16)10-12)7-9-21(2)11-15(17,18)19/h4-6,10,14,20H,3,7-9,11H2,1-2H3. The van der Waals surface area contributed by atoms with Gasteiger partial charge in [0.15, 0.2) is 0 Å². The number of halogens is 4. The second-order valence-electron chi connectivity index (χ2n) is 5.20. The van der Waals surface area contributed by atoms with Crippen molar-refractivity contribution in [3.63, 3.8) is 0 Å². The van der Waals surface area contributed by atoms with Crippen molar-refractivity contribution in [3.8, 4) is 0 Å². The van der Waals surface area contributed by atoms with Crippen molar-refractivity contribution < 1.29 is 13.2 Å². The third kappa shape index (κ3) is 7.83. The molecule has 1 aromatic carbocycles. The van der Waals surface area contributed by atoms with E-state index in [0.29, 0.717) is 13.0 Å². The summed E-state index contributed by atoms with van der Waals surface area (Å²) in [6, 6.07) is 7.97. The maximum absolute atomic E-state index is 12.3. The van der Waals surface area contributed by atoms with Crippen LogP contribution in [0.4, 0.5) is 13.2 Å². The molecule has 1 N–H and O–H groups in total. The average molecular weight is 367 g/mol. The highest BCUT2D eigenvalue weighted by atomic mass is 79.9. The molecular weight excluding hydrogens is 345 g/mol. The normalized spacial score (nSPS) is 13.7. The van der Waals surface area contributed by atoms with Gasteiger partial charge in [-0.3, -0.25) is 4.90 Å². The van der Waals surface area contributed by atoms with Crippen LogP contribution in [0, 0.1) is 0 Å². The van der Waals surface area contributed by atoms with E-state index in [2.05, 4.69) is 28.2 Å². The molecule has 0 spiro atoms. The van der Waals surface area contributed by atoms with E-state index >= 15 is 0 Å². The minimum Gasteiger partial charge on any atom is -0.310 e. The molecule has 6 heteroatoms. The van der Waals surface area contributed by atoms with E-state index in [4.69, 9.17) is 0 Å². The molecule has 21 heavy (non-hydrogen) atoms. The fourth-order valence-corrected chi connectivity index (χ4v) is 2.58. The first-order chi connectivity index (χ1) is 9.81. The van der Waals surface area contributed by atoms with E-state index in [1.165, 1.54) is 11.9 Å². The molecule has 0 aliphatic rings. The zero-order chi connectivity index (χ0) is 15.9. The van der Waals surface area contributed by atoms with Crippen LogP contribution in [0.3, 0.4) is 0 Å². The van der Waals surface area contributed by atoms with Crippen LogP contribution in [-0.4, -0.2) is 37.8 Å². The van der Waals surface area contributed by atoms with Gasteiger partial charge in [-0.2, -0.15) is 13.2 Å². The molecule has 0 saturated heterocycles. The Labute approximate surface area is 132 Å². The lowest BCUT2D eigenvalue weighted by Crippen LogP contribution is -2.34. The molecule has 0 aliphatic carbocycles. The molecule has 1 aromatic rings. The Morgan fingerprint density at radius 1 is 1.33 bits per heavy atom. The smallest absolute Gasteiger partial charge is 0.310 e. The first kappa shape index (κ1) is 18.5. The van der Waals surface area contributed by atoms with Crippen LogP contribution >= 0.6 is 15.9 Å². The molecule has 0 aliphatic heterocycles. The zero-order valence-corrected chi connectivity index (χ0v) is 14.0. The van der Waals surface area contributed by atoms with E-state index in [9.17, 15) is 13.2 Å². The van der Waals surface area contributed by atoms with Crippen LogP contribution in [0.2, 0.25) is 0 Å². The van der Waals surface area contributed by atoms with Crippen LogP contribution in [0.25, 0.3) is 0 Å². The topological polar surface area (TPSA) is 15.3 Å². The van der Waals surface area contributed by atoms with E-state index in [1.807, 2.05) is 24.3 Å². The highest BCUT2D eigenvalue weighted by Crippen LogP contribution is 2.22. The summed E-state index contributed by atoms with van der Waals surface area (Å²) in [7, 11) is 1.51. The van der Waals surface area contributed by atoms with E-state index < -0.39 is 12.7 Å². The van der Waals surface area contributed by atoms with Gasteiger partial charge in [0.25, 0.3) is 0 Å². The summed E-state index contributed by atoms with van der Waals surface area (Å²) in [6.45, 7) is 2.44. The molecule has 0 amide bonds. The van der Waals surface area contributed by atoms with Crippen LogP contribution < -0.4 is 5.32 Å². The first-order valence-corrected chi connectivity index (χ1v) is 7.85. The Bertz CT molecular complexity index is 424. The molecule has 0 heterocycles. The number of hydrogen-bond acceptors (Lipinski definition) is 2. The fraction of sp³-hybridized carbons (Fsp3) is 0.600. The number of nitrogens with zero attached hydrogens (tertiary/aromatic N) is 1. The molecule has 0 aromatic heterocycles. The summed E-state index contributed by atoms with van der Waals surface area (Å²) < 4.78 is 38.0. The number of alkyl halides is 3. The third-order valence-corrected chi connectivity index (χ3v) is 3.63. The van der Waals surface area contributed by atoms with Gasteiger partial charge < -0.3 is 5.32 Å². The van der Waals surface area contributed by atoms with Crippen LogP contribution in [0.1, 0.15) is 31.4 Å². The van der Waals surface area contributed by atoms with Gasteiger partial charge >= 0.3 is 6.18 Å². The Morgan fingerprint density at radius 3 is 2.62 bits per heavy atom. The minimum atomic E-state index is -4.14. The second-order valence-corrected chi connectivity index (χ2v) is 6.12. The van der Waals surface area contributed by atoms with Crippen LogP contribution in [0.15, 0.2) is 28.7 Å². The van der Waals surface area contributed by atoms with Gasteiger partial charge in [0.05, 0.1) is 6.54 Å². The molecule has 1 unspecified atom stereocenters. The van der Waals surface area contributed by atoms with Crippen LogP contribution in [-0.2, 0) is 0 Å². The number of hydrogen-bond donors (Lipinski definition) is 1. The molecule has 2 nitrogen and oxygen atoms in total. The van der Waals surface area contributed by atoms with Crippen LogP contribution in [0.5, 0.6) is 0 Å². The summed E-state index contributed by atoms with van der Waals surface area (Å²) >= 11 is 3.43. The van der Waals surface area contributed by atoms with Gasteiger partial charge in [-0.25, -0.2) is 0 Å². The highest BCUT2D eigenvalue weighted by Gasteiger charge is 2.29. The molecule has 0 radical (unpaired) electrons. The van der Waals surface area contributed by atoms with Gasteiger partial charge in [0.2, 0.25) is 0 Å². The average Bonchev–Trinajstić information content (AvgIpc) is 2.36. The van der Waals surface area contributed by atoms with Gasteiger partial charge in [0.1, 0.15) is 0 Å². The maximum Gasteiger partial charge on any atom is 0.401 e. The Balaban J connectivity index is 2.62. The molecule has 0 saturated carbocycles. The van der Waals surface area contributed by atoms with Crippen molar-refractivity contribution in [1.82, 2.24) is 10.2 Å². The molecule has 0 bridgehead atoms. The Morgan fingerprint density at radius 2 is 2.05 bits per heavy atom. The summed E-state index contributed by atoms with van der Waals surface area (Å²) in [5, 5.41) is 3.40. The summed E-state index contributed by atoms with van der Waals surface area (Å²) in [4.78, 5) is 1.32. The number of rotatable bonds is 8. The minimum absolute atomic E-state index is 0.0677. The fourth-order valence-electron chi connectivity index (χ4n) is 2.16. The zero-order valence-electron chi connectivity index (χ0n) is 12.4. The van der Waals surface area contributed by atoms with E-state index in [-0.39, 0.29) is 6.04 Å². The van der Waals surface area contributed by atoms with E-state index in [0.717, 1.165) is 23.0 Å². The summed E-state index contributed by atoms with van der Waals surface area (Å²) in [5.41, 5.74) is 1.10. The lowest BCUT2D eigenvalue weighted by Gasteiger charge is -2.24. The highest BCUT2D eigenvalue weighted by molar-refractivity contribution is 9.10. The molecule has 1 rings (SSSR count). The predicted molar refractivity (Wildman–Crippen MR) is 83.3 cm³/mol. The lowest BCUT2D eigenvalue weighted by molar-refractivity contribution is -0.143. The Kier molecular flexibility index (Phi) is 7.70. The predicted octanol–water partition coefficient (Wildman–Crippen LogP) is 4.37. The first-order valence-electron chi connectivity index (χ1n) is 7.06. The van der Waals surface area contributed by atoms with Gasteiger partial charge in [0, 0.05) is 10.5 Å². The van der Waals surface area contributed by atoms with Gasteiger partial charge in [-0.05, 0) is 50.7 Å². The SMILES string of the molecule is CCCNC(CCN(C)CC(F)(F)F)c1cccc(Br)c1. The summed E-state index contributed by atoms with van der Waals surface area (Å²) in [6.07, 6.45) is -2.51. The quantitative estimate of drug-likeness (QED) is 0.734. The van der Waals surface area contributed by atoms with Crippen molar-refractivity contribution in [2.45, 2.75) is 32.0 Å². The van der Waals surface area contributed by atoms with Crippen molar-refractivity contribution >= 4 is 15.9 Å². The molecule has 1 atom stereocenters. The van der Waals surface area contributed by atoms with Crippen molar-refractivity contribution in [2.75, 3.05) is 26.7 Å². The largest absolute Gasteiger partial charge is 0.401 e. The molecular formula is C15H22BrF3N2. The lowest BCUT2D eigenvalue weighted by atomic mass is 10.0. The van der Waals surface area contributed by atoms with E-state index in [1.54, 1.807) is 0 Å². The molecule has 0 fully saturated rings. The van der Waals surface area contributed by atoms with Crippen molar-refractivity contribution in [2.24, 2.45) is 0 Å². The molecule has 120 valence electrons. The third-order valence-electron chi connectivity index (χ3n) is 3.14. The maximum atomic E-state index is 12.3. The van der Waals surface area contributed by atoms with Gasteiger partial charge in [-0.15, -0.1) is 0 Å². The number of benzene rings is 1. The van der Waals surface area contributed by atoms with Crippen molar-refractivity contribution in [3.05, 3.63) is 34.3 Å². The van der Waals surface area contributed by atoms with Crippen molar-refractivity contribution in [1.29, 1.82) is 0 Å². The van der Waals surface area contributed by atoms with Gasteiger partial charge in [-0.1, -0.05) is 35.0 Å². The second kappa shape index (κ2) is 8.76. The monoisotopic (exact) mass is 366 g/mol. The number of nitrogens with one attached hydrogen (secondary N) is 1. The Hall–Kier alpha value is -0.590.